The van der Waals surface area contributed by atoms with Gasteiger partial charge in [-0.25, -0.2) is 4.79 Å². The van der Waals surface area contributed by atoms with Crippen molar-refractivity contribution in [3.8, 4) is 5.75 Å². The molecule has 0 N–H and O–H groups in total. The van der Waals surface area contributed by atoms with Crippen LogP contribution in [0.25, 0.3) is 0 Å². The molecule has 0 aromatic heterocycles. The van der Waals surface area contributed by atoms with Crippen LogP contribution in [0, 0.1) is 0 Å². The maximum Gasteiger partial charge on any atom is 0.534 e. The number of rotatable bonds is 5. The number of hydrogen-bond acceptors (Lipinski definition) is 7. The molecule has 110 valence electrons. The van der Waals surface area contributed by atoms with Crippen LogP contribution < -0.4 is 4.74 Å². The van der Waals surface area contributed by atoms with E-state index < -0.39 is 18.0 Å². The smallest absolute Gasteiger partial charge is 0.429 e. The zero-order valence-corrected chi connectivity index (χ0v) is 10.8. The molecule has 2 amide bonds. The number of hydrogen-bond donors (Lipinski definition) is 0. The van der Waals surface area contributed by atoms with Gasteiger partial charge in [0, 0.05) is 12.8 Å². The van der Waals surface area contributed by atoms with Crippen molar-refractivity contribution in [2.75, 3.05) is 0 Å². The minimum absolute atomic E-state index is 0.0182. The molecule has 0 atom stereocenters. The lowest BCUT2D eigenvalue weighted by Crippen LogP contribution is -2.32. The van der Waals surface area contributed by atoms with Crippen LogP contribution in [-0.4, -0.2) is 29.5 Å². The third kappa shape index (κ3) is 3.78. The summed E-state index contributed by atoms with van der Waals surface area (Å²) in [6.45, 7) is 0.184. The third-order valence-electron chi connectivity index (χ3n) is 2.64. The summed E-state index contributed by atoms with van der Waals surface area (Å²) in [7, 11) is 0. The molecule has 0 unspecified atom stereocenters. The first-order valence-electron chi connectivity index (χ1n) is 6.00. The largest absolute Gasteiger partial charge is 0.534 e. The fourth-order valence-electron chi connectivity index (χ4n) is 1.62. The van der Waals surface area contributed by atoms with Gasteiger partial charge in [0.25, 0.3) is 18.3 Å². The van der Waals surface area contributed by atoms with Crippen LogP contribution in [-0.2, 0) is 30.6 Å². The fraction of sp³-hybridized carbons (Fsp3) is 0.231. The normalized spacial score (nSPS) is 14.0. The highest BCUT2D eigenvalue weighted by atomic mass is 16.8. The van der Waals surface area contributed by atoms with Crippen molar-refractivity contribution in [2.45, 2.75) is 19.4 Å². The zero-order valence-electron chi connectivity index (χ0n) is 10.8. The number of ether oxygens (including phenoxy) is 2. The van der Waals surface area contributed by atoms with Gasteiger partial charge < -0.3 is 9.47 Å². The van der Waals surface area contributed by atoms with Crippen LogP contribution in [0.5, 0.6) is 5.75 Å². The summed E-state index contributed by atoms with van der Waals surface area (Å²) in [4.78, 5) is 48.5. The molecular weight excluding hydrogens is 282 g/mol. The number of carbonyl (C=O) groups is 4. The maximum absolute atomic E-state index is 11.4. The summed E-state index contributed by atoms with van der Waals surface area (Å²) in [6.07, 6.45) is -1.11. The van der Waals surface area contributed by atoms with E-state index in [1.807, 2.05) is 0 Å². The highest BCUT2D eigenvalue weighted by Crippen LogP contribution is 2.14. The first kappa shape index (κ1) is 14.5. The monoisotopic (exact) mass is 293 g/mol. The highest BCUT2D eigenvalue weighted by molar-refractivity contribution is 6.01. The number of hydroxylamine groups is 2. The van der Waals surface area contributed by atoms with Gasteiger partial charge in [-0.3, -0.25) is 19.2 Å². The first-order chi connectivity index (χ1) is 10.1. The van der Waals surface area contributed by atoms with Crippen molar-refractivity contribution in [3.05, 3.63) is 29.8 Å². The second-order valence-corrected chi connectivity index (χ2v) is 4.07. The Labute approximate surface area is 119 Å². The van der Waals surface area contributed by atoms with Gasteiger partial charge in [0.05, 0.1) is 0 Å². The summed E-state index contributed by atoms with van der Waals surface area (Å²) in [5.41, 5.74) is 0.615. The van der Waals surface area contributed by atoms with E-state index in [9.17, 15) is 19.2 Å². The van der Waals surface area contributed by atoms with E-state index in [1.165, 1.54) is 12.1 Å². The summed E-state index contributed by atoms with van der Waals surface area (Å²) in [6, 6.07) is 6.20. The van der Waals surface area contributed by atoms with Gasteiger partial charge in [0.15, 0.2) is 0 Å². The molecule has 0 aliphatic carbocycles. The second kappa shape index (κ2) is 6.51. The Hall–Kier alpha value is -2.90. The predicted octanol–water partition coefficient (Wildman–Crippen LogP) is 0.939. The van der Waals surface area contributed by atoms with Crippen molar-refractivity contribution in [1.82, 2.24) is 5.06 Å². The van der Waals surface area contributed by atoms with Gasteiger partial charge in [-0.15, -0.1) is 0 Å². The molecule has 1 aliphatic heterocycles. The minimum Gasteiger partial charge on any atom is -0.429 e. The molecular formula is C13H11NO7. The van der Waals surface area contributed by atoms with Gasteiger partial charge in [-0.05, 0) is 17.7 Å². The molecule has 1 heterocycles. The van der Waals surface area contributed by atoms with Crippen molar-refractivity contribution in [2.24, 2.45) is 0 Å². The Morgan fingerprint density at radius 1 is 1.14 bits per heavy atom. The van der Waals surface area contributed by atoms with Gasteiger partial charge >= 0.3 is 6.16 Å². The Morgan fingerprint density at radius 2 is 1.76 bits per heavy atom. The molecule has 1 aliphatic rings. The molecule has 0 spiro atoms. The summed E-state index contributed by atoms with van der Waals surface area (Å²) >= 11 is 0. The topological polar surface area (TPSA) is 99.2 Å². The fourth-order valence-corrected chi connectivity index (χ4v) is 1.62. The van der Waals surface area contributed by atoms with E-state index in [0.29, 0.717) is 22.8 Å². The molecule has 1 fully saturated rings. The number of benzene rings is 1. The van der Waals surface area contributed by atoms with E-state index in [-0.39, 0.29) is 19.4 Å². The Morgan fingerprint density at radius 3 is 2.33 bits per heavy atom. The molecule has 1 aromatic carbocycles. The van der Waals surface area contributed by atoms with E-state index in [2.05, 4.69) is 9.57 Å². The van der Waals surface area contributed by atoms with Crippen molar-refractivity contribution in [3.63, 3.8) is 0 Å². The van der Waals surface area contributed by atoms with Crippen LogP contribution in [0.4, 0.5) is 4.79 Å². The summed E-state index contributed by atoms with van der Waals surface area (Å²) < 4.78 is 9.37. The van der Waals surface area contributed by atoms with E-state index in [4.69, 9.17) is 4.74 Å². The molecule has 0 bridgehead atoms. The van der Waals surface area contributed by atoms with E-state index in [1.54, 1.807) is 12.1 Å². The average molecular weight is 293 g/mol. The predicted molar refractivity (Wildman–Crippen MR) is 65.5 cm³/mol. The van der Waals surface area contributed by atoms with Crippen LogP contribution in [0.15, 0.2) is 24.3 Å². The highest BCUT2D eigenvalue weighted by Gasteiger charge is 2.33. The van der Waals surface area contributed by atoms with Crippen LogP contribution >= 0.6 is 0 Å². The minimum atomic E-state index is -1.15. The van der Waals surface area contributed by atoms with Crippen molar-refractivity contribution < 1.29 is 33.5 Å². The van der Waals surface area contributed by atoms with Crippen molar-refractivity contribution >= 4 is 24.4 Å². The lowest BCUT2D eigenvalue weighted by molar-refractivity contribution is -0.177. The molecule has 1 saturated heterocycles. The van der Waals surface area contributed by atoms with Crippen molar-refractivity contribution in [1.29, 1.82) is 0 Å². The second-order valence-electron chi connectivity index (χ2n) is 4.07. The van der Waals surface area contributed by atoms with E-state index in [0.717, 1.165) is 0 Å². The number of imide groups is 1. The van der Waals surface area contributed by atoms with Gasteiger partial charge in [-0.1, -0.05) is 17.2 Å². The molecule has 0 radical (unpaired) electrons. The van der Waals surface area contributed by atoms with Gasteiger partial charge in [0.2, 0.25) is 0 Å². The summed E-state index contributed by atoms with van der Waals surface area (Å²) in [5.74, 6) is -0.802. The number of amides is 2. The number of carbonyl (C=O) groups excluding carboxylic acids is 4. The molecule has 0 saturated carbocycles. The molecule has 8 heteroatoms. The molecule has 8 nitrogen and oxygen atoms in total. The van der Waals surface area contributed by atoms with Crippen LogP contribution in [0.3, 0.4) is 0 Å². The Kier molecular flexibility index (Phi) is 4.50. The Bertz CT molecular complexity index is 550. The zero-order chi connectivity index (χ0) is 15.2. The molecule has 2 rings (SSSR count). The summed E-state index contributed by atoms with van der Waals surface area (Å²) in [5, 5.41) is 0.406. The third-order valence-corrected chi connectivity index (χ3v) is 2.64. The quantitative estimate of drug-likeness (QED) is 0.452. The lowest BCUT2D eigenvalue weighted by atomic mass is 10.2. The van der Waals surface area contributed by atoms with Crippen LogP contribution in [0.1, 0.15) is 18.4 Å². The van der Waals surface area contributed by atoms with Gasteiger partial charge in [-0.2, -0.15) is 0 Å². The maximum atomic E-state index is 11.4. The number of nitrogens with zero attached hydrogens (tertiary/aromatic N) is 1. The molecule has 1 aromatic rings. The van der Waals surface area contributed by atoms with Crippen LogP contribution in [0.2, 0.25) is 0 Å². The average Bonchev–Trinajstić information content (AvgIpc) is 2.79. The first-order valence-corrected chi connectivity index (χ1v) is 6.00. The molecule has 21 heavy (non-hydrogen) atoms. The SMILES string of the molecule is O=COc1ccc(COC(=O)ON2C(=O)CCC2=O)cc1. The standard InChI is InChI=1S/C13H11NO7/c15-8-20-10-3-1-9(2-4-10)7-19-13(18)21-14-11(16)5-6-12(14)17/h1-4,8H,5-7H2. The Balaban J connectivity index is 1.82. The van der Waals surface area contributed by atoms with Gasteiger partial charge in [0.1, 0.15) is 12.4 Å². The van der Waals surface area contributed by atoms with E-state index >= 15 is 0 Å². The lowest BCUT2D eigenvalue weighted by Gasteiger charge is -2.12.